The van der Waals surface area contributed by atoms with Gasteiger partial charge in [-0.05, 0) is 37.6 Å². The number of fused-ring (bicyclic) bond motifs is 1. The molecule has 82 valence electrons. The van der Waals surface area contributed by atoms with Crippen molar-refractivity contribution in [3.8, 4) is 11.5 Å². The summed E-state index contributed by atoms with van der Waals surface area (Å²) in [4.78, 5) is 0. The minimum atomic E-state index is 0.302. The molecule has 0 fully saturated rings. The summed E-state index contributed by atoms with van der Waals surface area (Å²) in [5.74, 6) is 1.90. The fourth-order valence-electron chi connectivity index (χ4n) is 1.93. The summed E-state index contributed by atoms with van der Waals surface area (Å²) in [7, 11) is 1.68. The average molecular weight is 207 g/mol. The Hall–Kier alpha value is -1.22. The molecule has 3 heteroatoms. The van der Waals surface area contributed by atoms with Crippen LogP contribution in [-0.4, -0.2) is 19.8 Å². The van der Waals surface area contributed by atoms with Gasteiger partial charge in [0.25, 0.3) is 0 Å². The highest BCUT2D eigenvalue weighted by Crippen LogP contribution is 2.33. The van der Waals surface area contributed by atoms with Gasteiger partial charge in [-0.1, -0.05) is 0 Å². The van der Waals surface area contributed by atoms with Crippen molar-refractivity contribution >= 4 is 0 Å². The lowest BCUT2D eigenvalue weighted by Gasteiger charge is -2.08. The monoisotopic (exact) mass is 207 g/mol. The first-order valence-corrected chi connectivity index (χ1v) is 5.37. The Morgan fingerprint density at radius 1 is 1.53 bits per heavy atom. The predicted molar refractivity (Wildman–Crippen MR) is 59.4 cm³/mol. The maximum atomic E-state index is 5.80. The molecule has 0 aliphatic carbocycles. The SMILES string of the molecule is COc1ccc2c(c1)CC(CCCN)O2. The summed E-state index contributed by atoms with van der Waals surface area (Å²) < 4.78 is 11.0. The van der Waals surface area contributed by atoms with Gasteiger partial charge in [-0.3, -0.25) is 0 Å². The van der Waals surface area contributed by atoms with Crippen LogP contribution in [0.3, 0.4) is 0 Å². The van der Waals surface area contributed by atoms with Gasteiger partial charge in [0.15, 0.2) is 0 Å². The van der Waals surface area contributed by atoms with Crippen LogP contribution in [0.2, 0.25) is 0 Å². The fourth-order valence-corrected chi connectivity index (χ4v) is 1.93. The summed E-state index contributed by atoms with van der Waals surface area (Å²) >= 11 is 0. The number of hydrogen-bond acceptors (Lipinski definition) is 3. The third-order valence-electron chi connectivity index (χ3n) is 2.74. The molecule has 0 aromatic heterocycles. The Balaban J connectivity index is 2.03. The number of ether oxygens (including phenoxy) is 2. The number of nitrogens with two attached hydrogens (primary N) is 1. The number of methoxy groups -OCH3 is 1. The molecule has 0 bridgehead atoms. The first-order valence-electron chi connectivity index (χ1n) is 5.37. The summed E-state index contributed by atoms with van der Waals surface area (Å²) in [5.41, 5.74) is 6.73. The third kappa shape index (κ3) is 2.23. The molecule has 2 N–H and O–H groups in total. The highest BCUT2D eigenvalue weighted by atomic mass is 16.5. The van der Waals surface area contributed by atoms with Gasteiger partial charge in [0, 0.05) is 12.0 Å². The molecule has 2 rings (SSSR count). The fraction of sp³-hybridized carbons (Fsp3) is 0.500. The zero-order valence-electron chi connectivity index (χ0n) is 9.03. The van der Waals surface area contributed by atoms with Crippen molar-refractivity contribution < 1.29 is 9.47 Å². The number of benzene rings is 1. The molecule has 1 aromatic rings. The molecule has 1 atom stereocenters. The Labute approximate surface area is 90.2 Å². The van der Waals surface area contributed by atoms with E-state index in [9.17, 15) is 0 Å². The quantitative estimate of drug-likeness (QED) is 0.817. The summed E-state index contributed by atoms with van der Waals surface area (Å²) in [6.07, 6.45) is 3.34. The lowest BCUT2D eigenvalue weighted by Crippen LogP contribution is -2.14. The van der Waals surface area contributed by atoms with Gasteiger partial charge < -0.3 is 15.2 Å². The second kappa shape index (κ2) is 4.53. The van der Waals surface area contributed by atoms with E-state index in [0.717, 1.165) is 37.3 Å². The van der Waals surface area contributed by atoms with Crippen LogP contribution in [0.1, 0.15) is 18.4 Å². The van der Waals surface area contributed by atoms with Gasteiger partial charge in [0.1, 0.15) is 17.6 Å². The van der Waals surface area contributed by atoms with Gasteiger partial charge in [-0.15, -0.1) is 0 Å². The molecule has 1 aliphatic heterocycles. The van der Waals surface area contributed by atoms with E-state index in [-0.39, 0.29) is 0 Å². The normalized spacial score (nSPS) is 18.4. The highest BCUT2D eigenvalue weighted by Gasteiger charge is 2.22. The smallest absolute Gasteiger partial charge is 0.123 e. The molecule has 0 saturated heterocycles. The summed E-state index contributed by atoms with van der Waals surface area (Å²) in [6.45, 7) is 0.736. The van der Waals surface area contributed by atoms with Crippen LogP contribution < -0.4 is 15.2 Å². The van der Waals surface area contributed by atoms with E-state index in [1.165, 1.54) is 5.56 Å². The first-order chi connectivity index (χ1) is 7.33. The molecule has 0 saturated carbocycles. The van der Waals surface area contributed by atoms with E-state index in [2.05, 4.69) is 6.07 Å². The second-order valence-electron chi connectivity index (χ2n) is 3.85. The molecular formula is C12H17NO2. The van der Waals surface area contributed by atoms with Gasteiger partial charge >= 0.3 is 0 Å². The molecule has 0 spiro atoms. The largest absolute Gasteiger partial charge is 0.497 e. The number of hydrogen-bond donors (Lipinski definition) is 1. The molecule has 15 heavy (non-hydrogen) atoms. The van der Waals surface area contributed by atoms with Gasteiger partial charge in [0.05, 0.1) is 7.11 Å². The maximum Gasteiger partial charge on any atom is 0.123 e. The average Bonchev–Trinajstić information content (AvgIpc) is 2.67. The van der Waals surface area contributed by atoms with E-state index in [4.69, 9.17) is 15.2 Å². The van der Waals surface area contributed by atoms with Crippen LogP contribution in [0.15, 0.2) is 18.2 Å². The molecule has 0 amide bonds. The Morgan fingerprint density at radius 3 is 3.13 bits per heavy atom. The lowest BCUT2D eigenvalue weighted by atomic mass is 10.1. The first kappa shape index (κ1) is 10.3. The third-order valence-corrected chi connectivity index (χ3v) is 2.74. The van der Waals surface area contributed by atoms with Crippen molar-refractivity contribution in [3.05, 3.63) is 23.8 Å². The van der Waals surface area contributed by atoms with Crippen molar-refractivity contribution in [3.63, 3.8) is 0 Å². The van der Waals surface area contributed by atoms with E-state index in [0.29, 0.717) is 6.10 Å². The van der Waals surface area contributed by atoms with Gasteiger partial charge in [0.2, 0.25) is 0 Å². The molecule has 1 aliphatic rings. The van der Waals surface area contributed by atoms with Crippen LogP contribution in [0.5, 0.6) is 11.5 Å². The molecule has 1 unspecified atom stereocenters. The van der Waals surface area contributed by atoms with E-state index < -0.39 is 0 Å². The van der Waals surface area contributed by atoms with Crippen molar-refractivity contribution in [2.24, 2.45) is 5.73 Å². The number of rotatable bonds is 4. The van der Waals surface area contributed by atoms with Crippen LogP contribution in [0.25, 0.3) is 0 Å². The zero-order valence-corrected chi connectivity index (χ0v) is 9.03. The van der Waals surface area contributed by atoms with Crippen molar-refractivity contribution in [1.82, 2.24) is 0 Å². The van der Waals surface area contributed by atoms with E-state index in [1.807, 2.05) is 12.1 Å². The Kier molecular flexibility index (Phi) is 3.11. The Morgan fingerprint density at radius 2 is 2.40 bits per heavy atom. The molecule has 1 aromatic carbocycles. The van der Waals surface area contributed by atoms with Gasteiger partial charge in [-0.25, -0.2) is 0 Å². The molecule has 3 nitrogen and oxygen atoms in total. The molecule has 0 radical (unpaired) electrons. The lowest BCUT2D eigenvalue weighted by molar-refractivity contribution is 0.219. The van der Waals surface area contributed by atoms with Crippen molar-refractivity contribution in [2.45, 2.75) is 25.4 Å². The van der Waals surface area contributed by atoms with Crippen LogP contribution in [0.4, 0.5) is 0 Å². The highest BCUT2D eigenvalue weighted by molar-refractivity contribution is 5.43. The summed E-state index contributed by atoms with van der Waals surface area (Å²) in [5, 5.41) is 0. The minimum Gasteiger partial charge on any atom is -0.497 e. The second-order valence-corrected chi connectivity index (χ2v) is 3.85. The Bertz CT molecular complexity index is 338. The van der Waals surface area contributed by atoms with Crippen molar-refractivity contribution in [2.75, 3.05) is 13.7 Å². The van der Waals surface area contributed by atoms with Gasteiger partial charge in [-0.2, -0.15) is 0 Å². The van der Waals surface area contributed by atoms with E-state index in [1.54, 1.807) is 7.11 Å². The van der Waals surface area contributed by atoms with Crippen LogP contribution in [0, 0.1) is 0 Å². The summed E-state index contributed by atoms with van der Waals surface area (Å²) in [6, 6.07) is 5.97. The van der Waals surface area contributed by atoms with E-state index >= 15 is 0 Å². The maximum absolute atomic E-state index is 5.80. The topological polar surface area (TPSA) is 44.5 Å². The standard InChI is InChI=1S/C12H17NO2/c1-14-10-4-5-12-9(7-10)8-11(15-12)3-2-6-13/h4-5,7,11H,2-3,6,8,13H2,1H3. The van der Waals surface area contributed by atoms with Crippen LogP contribution >= 0.6 is 0 Å². The van der Waals surface area contributed by atoms with Crippen molar-refractivity contribution in [1.29, 1.82) is 0 Å². The molecule has 1 heterocycles. The minimum absolute atomic E-state index is 0.302. The predicted octanol–water partition coefficient (Wildman–Crippen LogP) is 1.74. The van der Waals surface area contributed by atoms with Crippen LogP contribution in [-0.2, 0) is 6.42 Å². The zero-order chi connectivity index (χ0) is 10.7. The molecular weight excluding hydrogens is 190 g/mol.